The summed E-state index contributed by atoms with van der Waals surface area (Å²) in [6.07, 6.45) is 0. The third-order valence-electron chi connectivity index (χ3n) is 6.02. The first-order chi connectivity index (χ1) is 14.4. The second kappa shape index (κ2) is 7.55. The highest BCUT2D eigenvalue weighted by atomic mass is 79.9. The molecule has 1 amide bonds. The number of ether oxygens (including phenoxy) is 2. The maximum atomic E-state index is 13.2. The van der Waals surface area contributed by atoms with Crippen LogP contribution in [0.4, 0.5) is 5.69 Å². The molecule has 1 saturated heterocycles. The second-order valence-electron chi connectivity index (χ2n) is 7.44. The first kappa shape index (κ1) is 20.6. The first-order valence-corrected chi connectivity index (χ1v) is 10.4. The molecule has 0 unspecified atom stereocenters. The number of anilines is 1. The zero-order valence-electron chi connectivity index (χ0n) is 16.8. The van der Waals surface area contributed by atoms with E-state index in [1.807, 2.05) is 6.92 Å². The number of fused-ring (bicyclic) bond motifs is 2. The van der Waals surface area contributed by atoms with Crippen LogP contribution < -0.4 is 14.8 Å². The van der Waals surface area contributed by atoms with Crippen molar-refractivity contribution in [1.29, 1.82) is 0 Å². The third-order valence-corrected chi connectivity index (χ3v) is 6.71. The van der Waals surface area contributed by atoms with Crippen LogP contribution in [0.15, 0.2) is 40.9 Å². The molecule has 0 aliphatic carbocycles. The van der Waals surface area contributed by atoms with E-state index >= 15 is 0 Å². The Balaban J connectivity index is 1.89. The van der Waals surface area contributed by atoms with E-state index in [2.05, 4.69) is 21.2 Å². The molecule has 2 aromatic carbocycles. The van der Waals surface area contributed by atoms with Crippen LogP contribution in [-0.4, -0.2) is 49.1 Å². The van der Waals surface area contributed by atoms with E-state index in [1.165, 1.54) is 0 Å². The van der Waals surface area contributed by atoms with Gasteiger partial charge in [0.05, 0.1) is 19.6 Å². The number of hydrogen-bond acceptors (Lipinski definition) is 6. The number of benzene rings is 2. The number of likely N-dealkylation sites (tertiary alicyclic amines) is 1. The molecule has 2 heterocycles. The number of methoxy groups -OCH3 is 1. The van der Waals surface area contributed by atoms with Gasteiger partial charge in [0.15, 0.2) is 17.0 Å². The molecule has 0 radical (unpaired) electrons. The maximum absolute atomic E-state index is 13.2. The molecule has 0 aromatic heterocycles. The van der Waals surface area contributed by atoms with E-state index in [0.29, 0.717) is 45.9 Å². The normalized spacial score (nSPS) is 25.3. The summed E-state index contributed by atoms with van der Waals surface area (Å²) in [5, 5.41) is 15.3. The summed E-state index contributed by atoms with van der Waals surface area (Å²) in [5.74, 6) is 0.141. The molecule has 1 fully saturated rings. The van der Waals surface area contributed by atoms with E-state index in [-0.39, 0.29) is 10.8 Å². The van der Waals surface area contributed by atoms with Gasteiger partial charge in [-0.3, -0.25) is 19.8 Å². The van der Waals surface area contributed by atoms with Crippen LogP contribution >= 0.6 is 15.9 Å². The van der Waals surface area contributed by atoms with Crippen molar-refractivity contribution in [3.63, 3.8) is 0 Å². The molecular weight excluding hydrogens is 454 g/mol. The van der Waals surface area contributed by atoms with Crippen LogP contribution in [-0.2, 0) is 10.3 Å². The van der Waals surface area contributed by atoms with Crippen molar-refractivity contribution in [2.24, 2.45) is 0 Å². The topological polar surface area (TPSA) is 93.9 Å². The quantitative estimate of drug-likeness (QED) is 0.526. The van der Waals surface area contributed by atoms with Crippen molar-refractivity contribution in [1.82, 2.24) is 4.90 Å². The smallest absolute Gasteiger partial charge is 0.256 e. The molecule has 1 spiro atoms. The minimum atomic E-state index is -1.38. The highest BCUT2D eigenvalue weighted by Crippen LogP contribution is 2.53. The summed E-state index contributed by atoms with van der Waals surface area (Å²) in [7, 11) is 3.31. The molecule has 2 aliphatic heterocycles. The Morgan fingerprint density at radius 1 is 1.33 bits per heavy atom. The number of nitro groups is 1. The van der Waals surface area contributed by atoms with E-state index in [9.17, 15) is 14.9 Å². The number of para-hydroxylation sites is 1. The van der Waals surface area contributed by atoms with E-state index in [1.54, 1.807) is 55.5 Å². The Kier molecular flexibility index (Phi) is 5.19. The molecule has 0 saturated carbocycles. The highest BCUT2D eigenvalue weighted by Gasteiger charge is 2.68. The zero-order chi connectivity index (χ0) is 21.6. The molecule has 30 heavy (non-hydrogen) atoms. The largest absolute Gasteiger partial charge is 0.493 e. The number of nitrogens with one attached hydrogen (secondary N) is 1. The van der Waals surface area contributed by atoms with Crippen LogP contribution in [0.3, 0.4) is 0 Å². The fourth-order valence-corrected chi connectivity index (χ4v) is 5.44. The number of amides is 1. The number of hydrogen-bond donors (Lipinski definition) is 1. The van der Waals surface area contributed by atoms with Gasteiger partial charge in [-0.1, -0.05) is 34.1 Å². The fourth-order valence-electron chi connectivity index (χ4n) is 4.82. The van der Waals surface area contributed by atoms with Crippen molar-refractivity contribution < 1.29 is 19.2 Å². The van der Waals surface area contributed by atoms with Crippen LogP contribution in [0.2, 0.25) is 0 Å². The minimum absolute atomic E-state index is 0.327. The second-order valence-corrected chi connectivity index (χ2v) is 8.30. The number of likely N-dealkylation sites (N-methyl/N-ethyl adjacent to an activating group) is 1. The number of halogens is 1. The van der Waals surface area contributed by atoms with Gasteiger partial charge in [-0.05, 0) is 37.7 Å². The van der Waals surface area contributed by atoms with Gasteiger partial charge in [0.1, 0.15) is 0 Å². The van der Waals surface area contributed by atoms with Gasteiger partial charge in [0, 0.05) is 27.2 Å². The maximum Gasteiger partial charge on any atom is 0.256 e. The summed E-state index contributed by atoms with van der Waals surface area (Å²) >= 11 is 3.55. The van der Waals surface area contributed by atoms with Crippen molar-refractivity contribution >= 4 is 27.5 Å². The number of nitrogens with zero attached hydrogens (tertiary/aromatic N) is 2. The molecule has 9 heteroatoms. The Hall–Kier alpha value is -2.65. The molecule has 4 rings (SSSR count). The standard InChI is InChI=1S/C21H22BrN3O5/c1-4-30-18-9-12(15(22)10-17(18)29-3)13-11-24(2)21(19(13)25(27)28)14-7-5-6-8-16(14)23-20(21)26/h5-10,13,19H,4,11H2,1-3H3,(H,23,26)/t13-,19-,21-/m0/s1. The zero-order valence-corrected chi connectivity index (χ0v) is 18.4. The Labute approximate surface area is 182 Å². The van der Waals surface area contributed by atoms with Gasteiger partial charge in [0.2, 0.25) is 0 Å². The summed E-state index contributed by atoms with van der Waals surface area (Å²) in [4.78, 5) is 27.1. The molecule has 0 bridgehead atoms. The summed E-state index contributed by atoms with van der Waals surface area (Å²) < 4.78 is 11.8. The van der Waals surface area contributed by atoms with Crippen molar-refractivity contribution in [2.75, 3.05) is 32.6 Å². The average molecular weight is 476 g/mol. The summed E-state index contributed by atoms with van der Waals surface area (Å²) in [5.41, 5.74) is 0.583. The van der Waals surface area contributed by atoms with Gasteiger partial charge in [-0.15, -0.1) is 0 Å². The molecule has 2 aliphatic rings. The van der Waals surface area contributed by atoms with Gasteiger partial charge in [-0.2, -0.15) is 0 Å². The SMILES string of the molecule is CCOc1cc([C@@H]2CN(C)[C@]3(C(=O)Nc4ccccc43)[C@H]2[N+](=O)[O-])c(Br)cc1OC. The lowest BCUT2D eigenvalue weighted by molar-refractivity contribution is -0.534. The lowest BCUT2D eigenvalue weighted by Gasteiger charge is -2.30. The van der Waals surface area contributed by atoms with Crippen LogP contribution in [0.5, 0.6) is 11.5 Å². The number of carbonyl (C=O) groups excluding carboxylic acids is 1. The Morgan fingerprint density at radius 2 is 2.07 bits per heavy atom. The Morgan fingerprint density at radius 3 is 2.73 bits per heavy atom. The highest BCUT2D eigenvalue weighted by molar-refractivity contribution is 9.10. The molecule has 8 nitrogen and oxygen atoms in total. The molecule has 2 aromatic rings. The lowest BCUT2D eigenvalue weighted by Crippen LogP contribution is -2.54. The monoisotopic (exact) mass is 475 g/mol. The summed E-state index contributed by atoms with van der Waals surface area (Å²) in [6.45, 7) is 2.63. The van der Waals surface area contributed by atoms with E-state index in [0.717, 1.165) is 0 Å². The van der Waals surface area contributed by atoms with Gasteiger partial charge >= 0.3 is 0 Å². The van der Waals surface area contributed by atoms with Crippen LogP contribution in [0.25, 0.3) is 0 Å². The molecular formula is C21H22BrN3O5. The van der Waals surface area contributed by atoms with E-state index in [4.69, 9.17) is 9.47 Å². The predicted molar refractivity (Wildman–Crippen MR) is 115 cm³/mol. The van der Waals surface area contributed by atoms with E-state index < -0.39 is 17.5 Å². The van der Waals surface area contributed by atoms with Crippen molar-refractivity contribution in [3.8, 4) is 11.5 Å². The molecule has 1 N–H and O–H groups in total. The Bertz CT molecular complexity index is 1030. The molecule has 158 valence electrons. The number of rotatable bonds is 5. The summed E-state index contributed by atoms with van der Waals surface area (Å²) in [6, 6.07) is 9.53. The minimum Gasteiger partial charge on any atom is -0.493 e. The van der Waals surface area contributed by atoms with Crippen molar-refractivity contribution in [3.05, 3.63) is 62.1 Å². The van der Waals surface area contributed by atoms with Crippen LogP contribution in [0, 0.1) is 10.1 Å². The lowest BCUT2D eigenvalue weighted by atomic mass is 9.79. The van der Waals surface area contributed by atoms with Gasteiger partial charge in [-0.25, -0.2) is 0 Å². The number of carbonyl (C=O) groups is 1. The van der Waals surface area contributed by atoms with Crippen molar-refractivity contribution in [2.45, 2.75) is 24.4 Å². The van der Waals surface area contributed by atoms with Crippen LogP contribution in [0.1, 0.15) is 24.0 Å². The first-order valence-electron chi connectivity index (χ1n) is 9.62. The predicted octanol–water partition coefficient (Wildman–Crippen LogP) is 3.38. The average Bonchev–Trinajstić information content (AvgIpc) is 3.18. The fraction of sp³-hybridized carbons (Fsp3) is 0.381. The van der Waals surface area contributed by atoms with Gasteiger partial charge in [0.25, 0.3) is 11.9 Å². The third kappa shape index (κ3) is 2.79. The van der Waals surface area contributed by atoms with Gasteiger partial charge < -0.3 is 14.8 Å². The molecule has 3 atom stereocenters.